The summed E-state index contributed by atoms with van der Waals surface area (Å²) in [5.74, 6) is -1.09. The Kier molecular flexibility index (Phi) is 5.87. The van der Waals surface area contributed by atoms with Crippen LogP contribution in [0.4, 0.5) is 5.69 Å². The average molecular weight is 376 g/mol. The second-order valence-corrected chi connectivity index (χ2v) is 5.35. The van der Waals surface area contributed by atoms with Gasteiger partial charge in [0.05, 0.1) is 13.3 Å². The number of amides is 2. The lowest BCUT2D eigenvalue weighted by Gasteiger charge is -2.05. The molecule has 2 aromatic rings. The molecule has 0 aliphatic carbocycles. The molecule has 0 fully saturated rings. The molecule has 0 saturated heterocycles. The molecule has 2 rings (SSSR count). The molecule has 0 atom stereocenters. The van der Waals surface area contributed by atoms with E-state index in [-0.39, 0.29) is 0 Å². The number of hydrogen-bond acceptors (Lipinski definition) is 4. The van der Waals surface area contributed by atoms with Crippen LogP contribution in [0.2, 0.25) is 0 Å². The van der Waals surface area contributed by atoms with Crippen molar-refractivity contribution in [1.29, 1.82) is 0 Å². The number of hydrogen-bond donors (Lipinski definition) is 2. The fourth-order valence-electron chi connectivity index (χ4n) is 1.65. The molecule has 0 spiro atoms. The molecule has 7 heteroatoms. The summed E-state index contributed by atoms with van der Waals surface area (Å²) in [6.45, 7) is 0. The van der Waals surface area contributed by atoms with E-state index in [1.807, 2.05) is 24.3 Å². The number of halogens is 1. The van der Waals surface area contributed by atoms with Crippen LogP contribution in [0.5, 0.6) is 5.75 Å². The van der Waals surface area contributed by atoms with Crippen molar-refractivity contribution in [2.45, 2.75) is 0 Å². The van der Waals surface area contributed by atoms with Gasteiger partial charge in [0, 0.05) is 16.2 Å². The highest BCUT2D eigenvalue weighted by atomic mass is 79.9. The highest BCUT2D eigenvalue weighted by Crippen LogP contribution is 2.16. The summed E-state index contributed by atoms with van der Waals surface area (Å²) in [6, 6.07) is 14.0. The molecule has 0 aliphatic heterocycles. The number of benzene rings is 2. The fourth-order valence-corrected chi connectivity index (χ4v) is 1.92. The van der Waals surface area contributed by atoms with Gasteiger partial charge in [0.1, 0.15) is 5.75 Å². The van der Waals surface area contributed by atoms with Crippen LogP contribution < -0.4 is 15.5 Å². The number of nitrogens with zero attached hydrogens (tertiary/aromatic N) is 1. The minimum Gasteiger partial charge on any atom is -0.497 e. The van der Waals surface area contributed by atoms with Crippen LogP contribution in [-0.2, 0) is 9.59 Å². The molecule has 2 aromatic carbocycles. The average Bonchev–Trinajstić information content (AvgIpc) is 2.56. The highest BCUT2D eigenvalue weighted by molar-refractivity contribution is 9.10. The first kappa shape index (κ1) is 16.7. The van der Waals surface area contributed by atoms with Gasteiger partial charge in [-0.15, -0.1) is 0 Å². The van der Waals surface area contributed by atoms with Crippen LogP contribution in [0.25, 0.3) is 0 Å². The van der Waals surface area contributed by atoms with Gasteiger partial charge in [-0.05, 0) is 29.8 Å². The van der Waals surface area contributed by atoms with Gasteiger partial charge in [0.2, 0.25) is 0 Å². The Labute approximate surface area is 141 Å². The Morgan fingerprint density at radius 1 is 1.13 bits per heavy atom. The Morgan fingerprint density at radius 2 is 1.87 bits per heavy atom. The molecule has 0 unspecified atom stereocenters. The lowest BCUT2D eigenvalue weighted by atomic mass is 10.2. The van der Waals surface area contributed by atoms with Crippen LogP contribution in [0.15, 0.2) is 58.1 Å². The monoisotopic (exact) mass is 375 g/mol. The molecule has 0 bridgehead atoms. The third kappa shape index (κ3) is 5.23. The molecule has 0 aliphatic rings. The van der Waals surface area contributed by atoms with Gasteiger partial charge in [0.25, 0.3) is 0 Å². The zero-order chi connectivity index (χ0) is 16.7. The molecule has 0 saturated carbocycles. The van der Waals surface area contributed by atoms with Crippen molar-refractivity contribution in [3.05, 3.63) is 58.6 Å². The maximum Gasteiger partial charge on any atom is 0.329 e. The van der Waals surface area contributed by atoms with E-state index < -0.39 is 11.8 Å². The number of ether oxygens (including phenoxy) is 1. The second kappa shape index (κ2) is 8.09. The summed E-state index contributed by atoms with van der Waals surface area (Å²) in [7, 11) is 1.52. The molecule has 0 aromatic heterocycles. The minimum absolute atomic E-state index is 0.460. The number of methoxy groups -OCH3 is 1. The van der Waals surface area contributed by atoms with Crippen LogP contribution in [-0.4, -0.2) is 25.1 Å². The normalized spacial score (nSPS) is 10.3. The van der Waals surface area contributed by atoms with Crippen molar-refractivity contribution in [1.82, 2.24) is 5.43 Å². The van der Waals surface area contributed by atoms with Crippen molar-refractivity contribution in [2.75, 3.05) is 12.4 Å². The van der Waals surface area contributed by atoms with Crippen molar-refractivity contribution in [3.63, 3.8) is 0 Å². The minimum atomic E-state index is -0.860. The zero-order valence-corrected chi connectivity index (χ0v) is 13.8. The number of carbonyl (C=O) groups is 2. The summed E-state index contributed by atoms with van der Waals surface area (Å²) in [5.41, 5.74) is 3.42. The van der Waals surface area contributed by atoms with Crippen molar-refractivity contribution in [3.8, 4) is 5.75 Å². The molecule has 6 nitrogen and oxygen atoms in total. The summed E-state index contributed by atoms with van der Waals surface area (Å²) in [5, 5.41) is 6.20. The molecule has 23 heavy (non-hydrogen) atoms. The summed E-state index contributed by atoms with van der Waals surface area (Å²) in [4.78, 5) is 23.4. The standard InChI is InChI=1S/C16H14BrN3O3/c1-23-14-4-2-3-13(9-14)19-15(21)16(22)20-18-10-11-5-7-12(17)8-6-11/h2-10H,1H3,(H,19,21)(H,20,22)/b18-10-. The Balaban J connectivity index is 1.89. The van der Waals surface area contributed by atoms with Crippen molar-refractivity contribution >= 4 is 39.6 Å². The lowest BCUT2D eigenvalue weighted by Crippen LogP contribution is -2.32. The number of nitrogens with one attached hydrogen (secondary N) is 2. The maximum absolute atomic E-state index is 11.8. The van der Waals surface area contributed by atoms with E-state index in [1.165, 1.54) is 13.3 Å². The van der Waals surface area contributed by atoms with E-state index in [2.05, 4.69) is 31.8 Å². The Morgan fingerprint density at radius 3 is 2.57 bits per heavy atom. The first-order valence-electron chi connectivity index (χ1n) is 6.62. The number of rotatable bonds is 4. The largest absolute Gasteiger partial charge is 0.497 e. The summed E-state index contributed by atoms with van der Waals surface area (Å²) >= 11 is 3.32. The van der Waals surface area contributed by atoms with Crippen molar-refractivity contribution < 1.29 is 14.3 Å². The quantitative estimate of drug-likeness (QED) is 0.489. The smallest absolute Gasteiger partial charge is 0.329 e. The molecule has 2 N–H and O–H groups in total. The number of hydrazone groups is 1. The van der Waals surface area contributed by atoms with E-state index in [4.69, 9.17) is 4.74 Å². The van der Waals surface area contributed by atoms with Gasteiger partial charge in [-0.3, -0.25) is 9.59 Å². The fraction of sp³-hybridized carbons (Fsp3) is 0.0625. The topological polar surface area (TPSA) is 79.8 Å². The lowest BCUT2D eigenvalue weighted by molar-refractivity contribution is -0.136. The predicted octanol–water partition coefficient (Wildman–Crippen LogP) is 2.55. The van der Waals surface area contributed by atoms with Gasteiger partial charge in [0.15, 0.2) is 0 Å². The van der Waals surface area contributed by atoms with Crippen LogP contribution in [0.1, 0.15) is 5.56 Å². The molecule has 2 amide bonds. The molecular weight excluding hydrogens is 362 g/mol. The third-order valence-corrected chi connectivity index (χ3v) is 3.31. The van der Waals surface area contributed by atoms with E-state index in [1.54, 1.807) is 24.3 Å². The van der Waals surface area contributed by atoms with E-state index >= 15 is 0 Å². The van der Waals surface area contributed by atoms with Crippen LogP contribution >= 0.6 is 15.9 Å². The SMILES string of the molecule is COc1cccc(NC(=O)C(=O)N/N=C\c2ccc(Br)cc2)c1. The Bertz CT molecular complexity index is 730. The van der Waals surface area contributed by atoms with Gasteiger partial charge >= 0.3 is 11.8 Å². The molecule has 0 radical (unpaired) electrons. The van der Waals surface area contributed by atoms with E-state index in [0.717, 1.165) is 10.0 Å². The van der Waals surface area contributed by atoms with Crippen LogP contribution in [0.3, 0.4) is 0 Å². The maximum atomic E-state index is 11.8. The van der Waals surface area contributed by atoms with Crippen LogP contribution in [0, 0.1) is 0 Å². The number of anilines is 1. The van der Waals surface area contributed by atoms with Crippen molar-refractivity contribution in [2.24, 2.45) is 5.10 Å². The van der Waals surface area contributed by atoms with Gasteiger partial charge in [-0.25, -0.2) is 5.43 Å². The van der Waals surface area contributed by atoms with Gasteiger partial charge in [-0.2, -0.15) is 5.10 Å². The first-order valence-corrected chi connectivity index (χ1v) is 7.42. The molecular formula is C16H14BrN3O3. The summed E-state index contributed by atoms with van der Waals surface area (Å²) < 4.78 is 5.98. The first-order chi connectivity index (χ1) is 11.1. The molecule has 0 heterocycles. The van der Waals surface area contributed by atoms with Gasteiger partial charge < -0.3 is 10.1 Å². The van der Waals surface area contributed by atoms with Gasteiger partial charge in [-0.1, -0.05) is 34.1 Å². The third-order valence-electron chi connectivity index (χ3n) is 2.78. The second-order valence-electron chi connectivity index (χ2n) is 4.44. The zero-order valence-electron chi connectivity index (χ0n) is 12.2. The number of carbonyl (C=O) groups excluding carboxylic acids is 2. The van der Waals surface area contributed by atoms with E-state index in [9.17, 15) is 9.59 Å². The Hall–Kier alpha value is -2.67. The highest BCUT2D eigenvalue weighted by Gasteiger charge is 2.12. The predicted molar refractivity (Wildman–Crippen MR) is 91.5 cm³/mol. The van der Waals surface area contributed by atoms with E-state index in [0.29, 0.717) is 11.4 Å². The summed E-state index contributed by atoms with van der Waals surface area (Å²) in [6.07, 6.45) is 1.45. The molecule has 118 valence electrons.